The number of amides is 3. The standard InChI is InChI=1S/C17H17FN6O4S/c18-12-5-1-2-6-13(12)28-9-14-22-23-17(24(14)19)29-10-15(25)21-16(26)20-8-11-4-3-7-27-11/h1-7H,8-10,19H2,(H2,20,21,25,26). The molecule has 0 saturated carbocycles. The number of carbonyl (C=O) groups is 2. The van der Waals surface area contributed by atoms with Gasteiger partial charge < -0.3 is 20.3 Å². The predicted octanol–water partition coefficient (Wildman–Crippen LogP) is 1.42. The summed E-state index contributed by atoms with van der Waals surface area (Å²) in [7, 11) is 0. The fraction of sp³-hybridized carbons (Fsp3) is 0.176. The molecule has 0 unspecified atom stereocenters. The number of nitrogens with two attached hydrogens (primary N) is 1. The highest BCUT2D eigenvalue weighted by Gasteiger charge is 2.15. The Labute approximate surface area is 168 Å². The maximum atomic E-state index is 13.6. The Balaban J connectivity index is 1.44. The molecule has 10 nitrogen and oxygen atoms in total. The van der Waals surface area contributed by atoms with Gasteiger partial charge in [0.15, 0.2) is 17.4 Å². The molecule has 0 fully saturated rings. The third-order valence-electron chi connectivity index (χ3n) is 3.52. The smallest absolute Gasteiger partial charge is 0.321 e. The number of benzene rings is 1. The second-order valence-electron chi connectivity index (χ2n) is 5.59. The molecule has 12 heteroatoms. The third kappa shape index (κ3) is 5.72. The number of carbonyl (C=O) groups excluding carboxylic acids is 2. The van der Waals surface area contributed by atoms with Crippen molar-refractivity contribution in [2.75, 3.05) is 11.6 Å². The summed E-state index contributed by atoms with van der Waals surface area (Å²) >= 11 is 0.983. The predicted molar refractivity (Wildman–Crippen MR) is 101 cm³/mol. The van der Waals surface area contributed by atoms with E-state index in [-0.39, 0.29) is 35.6 Å². The lowest BCUT2D eigenvalue weighted by Crippen LogP contribution is -2.39. The van der Waals surface area contributed by atoms with Gasteiger partial charge in [0.05, 0.1) is 18.6 Å². The first kappa shape index (κ1) is 20.2. The van der Waals surface area contributed by atoms with E-state index in [2.05, 4.69) is 20.8 Å². The SMILES string of the molecule is Nn1c(COc2ccccc2F)nnc1SCC(=O)NC(=O)NCc1ccco1. The van der Waals surface area contributed by atoms with Crippen LogP contribution in [0, 0.1) is 5.82 Å². The summed E-state index contributed by atoms with van der Waals surface area (Å²) < 4.78 is 25.1. The van der Waals surface area contributed by atoms with E-state index in [1.54, 1.807) is 24.3 Å². The van der Waals surface area contributed by atoms with Crippen LogP contribution in [0.3, 0.4) is 0 Å². The average molecular weight is 420 g/mol. The van der Waals surface area contributed by atoms with Crippen molar-refractivity contribution in [1.82, 2.24) is 25.5 Å². The second kappa shape index (κ2) is 9.59. The van der Waals surface area contributed by atoms with Crippen LogP contribution >= 0.6 is 11.8 Å². The van der Waals surface area contributed by atoms with Gasteiger partial charge in [-0.05, 0) is 24.3 Å². The second-order valence-corrected chi connectivity index (χ2v) is 6.53. The van der Waals surface area contributed by atoms with Crippen molar-refractivity contribution >= 4 is 23.7 Å². The van der Waals surface area contributed by atoms with Crippen LogP contribution in [-0.2, 0) is 17.9 Å². The number of hydrogen-bond acceptors (Lipinski definition) is 8. The van der Waals surface area contributed by atoms with Gasteiger partial charge in [0.2, 0.25) is 11.1 Å². The Bertz CT molecular complexity index is 978. The minimum absolute atomic E-state index is 0.0599. The van der Waals surface area contributed by atoms with E-state index in [0.29, 0.717) is 5.76 Å². The molecule has 4 N–H and O–H groups in total. The quantitative estimate of drug-likeness (QED) is 0.368. The van der Waals surface area contributed by atoms with Crippen molar-refractivity contribution in [3.8, 4) is 5.75 Å². The lowest BCUT2D eigenvalue weighted by Gasteiger charge is -2.07. The monoisotopic (exact) mass is 420 g/mol. The number of nitrogens with one attached hydrogen (secondary N) is 2. The van der Waals surface area contributed by atoms with E-state index in [4.69, 9.17) is 15.0 Å². The van der Waals surface area contributed by atoms with E-state index in [1.165, 1.54) is 18.4 Å². The molecular weight excluding hydrogens is 403 g/mol. The number of hydrogen-bond donors (Lipinski definition) is 3. The Morgan fingerprint density at radius 2 is 2.07 bits per heavy atom. The molecule has 3 amide bonds. The number of nitrogens with zero attached hydrogens (tertiary/aromatic N) is 3. The molecule has 3 rings (SSSR count). The number of nitrogen functional groups attached to an aromatic ring is 1. The molecule has 0 spiro atoms. The molecule has 2 heterocycles. The molecular formula is C17H17FN6O4S. The van der Waals surface area contributed by atoms with Gasteiger partial charge >= 0.3 is 6.03 Å². The largest absolute Gasteiger partial charge is 0.482 e. The maximum absolute atomic E-state index is 13.6. The van der Waals surface area contributed by atoms with Crippen LogP contribution in [0.4, 0.5) is 9.18 Å². The van der Waals surface area contributed by atoms with Crippen molar-refractivity contribution in [3.05, 3.63) is 60.1 Å². The van der Waals surface area contributed by atoms with Crippen LogP contribution in [0.2, 0.25) is 0 Å². The molecule has 29 heavy (non-hydrogen) atoms. The highest BCUT2D eigenvalue weighted by molar-refractivity contribution is 7.99. The fourth-order valence-electron chi connectivity index (χ4n) is 2.13. The zero-order chi connectivity index (χ0) is 20.6. The van der Waals surface area contributed by atoms with Gasteiger partial charge in [0, 0.05) is 0 Å². The zero-order valence-corrected chi connectivity index (χ0v) is 15.8. The molecule has 2 aromatic heterocycles. The van der Waals surface area contributed by atoms with Gasteiger partial charge in [-0.25, -0.2) is 13.9 Å². The fourth-order valence-corrected chi connectivity index (χ4v) is 2.80. The van der Waals surface area contributed by atoms with Crippen molar-refractivity contribution in [1.29, 1.82) is 0 Å². The first-order valence-corrected chi connectivity index (χ1v) is 9.31. The number of ether oxygens (including phenoxy) is 1. The first-order valence-electron chi connectivity index (χ1n) is 8.32. The number of thioether (sulfide) groups is 1. The summed E-state index contributed by atoms with van der Waals surface area (Å²) in [6, 6.07) is 8.66. The minimum atomic E-state index is -0.653. The molecule has 0 bridgehead atoms. The summed E-state index contributed by atoms with van der Waals surface area (Å²) in [4.78, 5) is 23.6. The number of para-hydroxylation sites is 1. The molecule has 0 atom stereocenters. The zero-order valence-electron chi connectivity index (χ0n) is 15.0. The highest BCUT2D eigenvalue weighted by Crippen LogP contribution is 2.18. The van der Waals surface area contributed by atoms with Gasteiger partial charge in [-0.3, -0.25) is 10.1 Å². The summed E-state index contributed by atoms with van der Waals surface area (Å²) in [5.41, 5.74) is 0. The number of furan rings is 1. The Hall–Kier alpha value is -3.54. The number of imide groups is 1. The van der Waals surface area contributed by atoms with Crippen molar-refractivity contribution < 1.29 is 23.1 Å². The number of rotatable bonds is 8. The van der Waals surface area contributed by atoms with Crippen LogP contribution in [0.5, 0.6) is 5.75 Å². The summed E-state index contributed by atoms with van der Waals surface area (Å²) in [6.45, 7) is 0.0497. The Morgan fingerprint density at radius 1 is 1.24 bits per heavy atom. The van der Waals surface area contributed by atoms with Gasteiger partial charge in [-0.1, -0.05) is 23.9 Å². The normalized spacial score (nSPS) is 10.5. The summed E-state index contributed by atoms with van der Waals surface area (Å²) in [5.74, 6) is 5.57. The van der Waals surface area contributed by atoms with Gasteiger partial charge in [-0.15, -0.1) is 10.2 Å². The lowest BCUT2D eigenvalue weighted by molar-refractivity contribution is -0.117. The Kier molecular flexibility index (Phi) is 6.68. The van der Waals surface area contributed by atoms with Crippen LogP contribution in [0.1, 0.15) is 11.6 Å². The van der Waals surface area contributed by atoms with Crippen LogP contribution < -0.4 is 21.2 Å². The molecule has 0 aliphatic carbocycles. The molecule has 152 valence electrons. The minimum Gasteiger partial charge on any atom is -0.482 e. The van der Waals surface area contributed by atoms with Gasteiger partial charge in [0.1, 0.15) is 12.4 Å². The molecule has 0 aliphatic rings. The molecule has 3 aromatic rings. The molecule has 0 aliphatic heterocycles. The topological polar surface area (TPSA) is 137 Å². The lowest BCUT2D eigenvalue weighted by atomic mass is 10.3. The summed E-state index contributed by atoms with van der Waals surface area (Å²) in [5, 5.41) is 12.6. The Morgan fingerprint density at radius 3 is 2.83 bits per heavy atom. The number of aromatic nitrogens is 3. The molecule has 0 saturated heterocycles. The van der Waals surface area contributed by atoms with Gasteiger partial charge in [0.25, 0.3) is 0 Å². The van der Waals surface area contributed by atoms with Crippen LogP contribution in [-0.4, -0.2) is 32.6 Å². The van der Waals surface area contributed by atoms with Gasteiger partial charge in [-0.2, -0.15) is 0 Å². The van der Waals surface area contributed by atoms with Crippen LogP contribution in [0.25, 0.3) is 0 Å². The van der Waals surface area contributed by atoms with Crippen LogP contribution in [0.15, 0.2) is 52.2 Å². The average Bonchev–Trinajstić information content (AvgIpc) is 3.34. The third-order valence-corrected chi connectivity index (χ3v) is 4.46. The van der Waals surface area contributed by atoms with E-state index < -0.39 is 17.8 Å². The van der Waals surface area contributed by atoms with E-state index in [9.17, 15) is 14.0 Å². The number of urea groups is 1. The van der Waals surface area contributed by atoms with Crippen molar-refractivity contribution in [2.24, 2.45) is 0 Å². The first-order chi connectivity index (χ1) is 14.0. The highest BCUT2D eigenvalue weighted by atomic mass is 32.2. The summed E-state index contributed by atoms with van der Waals surface area (Å²) in [6.07, 6.45) is 1.48. The van der Waals surface area contributed by atoms with E-state index in [0.717, 1.165) is 16.4 Å². The van der Waals surface area contributed by atoms with E-state index in [1.807, 2.05) is 0 Å². The van der Waals surface area contributed by atoms with Crippen molar-refractivity contribution in [3.63, 3.8) is 0 Å². The number of halogens is 1. The van der Waals surface area contributed by atoms with E-state index >= 15 is 0 Å². The molecule has 1 aromatic carbocycles. The maximum Gasteiger partial charge on any atom is 0.321 e. The molecule has 0 radical (unpaired) electrons. The van der Waals surface area contributed by atoms with Crippen molar-refractivity contribution in [2.45, 2.75) is 18.3 Å².